The highest BCUT2D eigenvalue weighted by Crippen LogP contribution is 2.31. The molecule has 0 saturated heterocycles. The highest BCUT2D eigenvalue weighted by molar-refractivity contribution is 7.92. The standard InChI is InChI=1S/C12H17N5O2S2/c1-2-13-6-8-7-14-16-11(8)21(18,19)17-12-15-9-4-3-5-10(9)20-12/h7,13H,2-6H2,1H3,(H,14,16)(H,15,17). The SMILES string of the molecule is CCNCc1cn[nH]c1S(=O)(=O)Nc1nc2c(s1)CCC2. The number of thiazole rings is 1. The van der Waals surface area contributed by atoms with E-state index in [2.05, 4.69) is 25.2 Å². The van der Waals surface area contributed by atoms with Crippen LogP contribution in [-0.4, -0.2) is 30.1 Å². The monoisotopic (exact) mass is 327 g/mol. The summed E-state index contributed by atoms with van der Waals surface area (Å²) in [4.78, 5) is 5.54. The minimum Gasteiger partial charge on any atom is -0.313 e. The van der Waals surface area contributed by atoms with E-state index < -0.39 is 10.0 Å². The van der Waals surface area contributed by atoms with Crippen LogP contribution >= 0.6 is 11.3 Å². The summed E-state index contributed by atoms with van der Waals surface area (Å²) in [5.74, 6) is 0. The van der Waals surface area contributed by atoms with Crippen molar-refractivity contribution >= 4 is 26.5 Å². The maximum atomic E-state index is 12.4. The van der Waals surface area contributed by atoms with Gasteiger partial charge in [0.25, 0.3) is 10.0 Å². The first-order valence-electron chi connectivity index (χ1n) is 6.84. The van der Waals surface area contributed by atoms with E-state index in [9.17, 15) is 8.42 Å². The average Bonchev–Trinajstić information content (AvgIpc) is 3.10. The highest BCUT2D eigenvalue weighted by atomic mass is 32.2. The molecule has 0 aliphatic heterocycles. The van der Waals surface area contributed by atoms with Gasteiger partial charge in [0.05, 0.1) is 11.9 Å². The van der Waals surface area contributed by atoms with Gasteiger partial charge in [-0.05, 0) is 25.8 Å². The minimum absolute atomic E-state index is 0.0961. The summed E-state index contributed by atoms with van der Waals surface area (Å²) in [6.07, 6.45) is 4.56. The van der Waals surface area contributed by atoms with Gasteiger partial charge in [0, 0.05) is 17.0 Å². The lowest BCUT2D eigenvalue weighted by atomic mass is 10.3. The summed E-state index contributed by atoms with van der Waals surface area (Å²) < 4.78 is 27.4. The maximum absolute atomic E-state index is 12.4. The molecule has 3 N–H and O–H groups in total. The van der Waals surface area contributed by atoms with Gasteiger partial charge < -0.3 is 5.32 Å². The molecule has 7 nitrogen and oxygen atoms in total. The van der Waals surface area contributed by atoms with E-state index in [1.165, 1.54) is 22.4 Å². The molecule has 0 amide bonds. The normalized spacial score (nSPS) is 14.3. The summed E-state index contributed by atoms with van der Waals surface area (Å²) in [6.45, 7) is 3.18. The number of aromatic nitrogens is 3. The van der Waals surface area contributed by atoms with Crippen LogP contribution in [0.3, 0.4) is 0 Å². The van der Waals surface area contributed by atoms with Gasteiger partial charge in [-0.15, -0.1) is 11.3 Å². The fourth-order valence-corrected chi connectivity index (χ4v) is 4.73. The number of hydrogen-bond donors (Lipinski definition) is 3. The van der Waals surface area contributed by atoms with Gasteiger partial charge in [-0.1, -0.05) is 6.92 Å². The lowest BCUT2D eigenvalue weighted by Crippen LogP contribution is -2.18. The molecule has 2 aromatic heterocycles. The van der Waals surface area contributed by atoms with Crippen LogP contribution < -0.4 is 10.0 Å². The Kier molecular flexibility index (Phi) is 3.96. The molecule has 3 rings (SSSR count). The van der Waals surface area contributed by atoms with Crippen molar-refractivity contribution in [1.29, 1.82) is 0 Å². The molecule has 2 aromatic rings. The molecule has 0 unspecified atom stereocenters. The van der Waals surface area contributed by atoms with Gasteiger partial charge in [0.2, 0.25) is 0 Å². The van der Waals surface area contributed by atoms with Crippen LogP contribution in [0.5, 0.6) is 0 Å². The number of aryl methyl sites for hydroxylation is 2. The van der Waals surface area contributed by atoms with Crippen molar-refractivity contribution in [2.45, 2.75) is 37.8 Å². The first kappa shape index (κ1) is 14.5. The number of fused-ring (bicyclic) bond motifs is 1. The zero-order chi connectivity index (χ0) is 14.9. The second kappa shape index (κ2) is 5.74. The number of nitrogens with zero attached hydrogens (tertiary/aromatic N) is 2. The Morgan fingerprint density at radius 2 is 2.29 bits per heavy atom. The van der Waals surface area contributed by atoms with Gasteiger partial charge in [0.1, 0.15) is 0 Å². The van der Waals surface area contributed by atoms with E-state index in [0.29, 0.717) is 17.2 Å². The Labute approximate surface area is 127 Å². The molecule has 0 bridgehead atoms. The third-order valence-electron chi connectivity index (χ3n) is 3.33. The summed E-state index contributed by atoms with van der Waals surface area (Å²) in [7, 11) is -3.68. The second-order valence-corrected chi connectivity index (χ2v) is 7.56. The van der Waals surface area contributed by atoms with E-state index in [1.54, 1.807) is 0 Å². The Morgan fingerprint density at radius 1 is 1.43 bits per heavy atom. The van der Waals surface area contributed by atoms with E-state index >= 15 is 0 Å². The summed E-state index contributed by atoms with van der Waals surface area (Å²) in [5.41, 5.74) is 1.64. The largest absolute Gasteiger partial charge is 0.313 e. The first-order chi connectivity index (χ1) is 10.1. The second-order valence-electron chi connectivity index (χ2n) is 4.85. The van der Waals surface area contributed by atoms with Gasteiger partial charge in [-0.25, -0.2) is 4.98 Å². The van der Waals surface area contributed by atoms with E-state index in [0.717, 1.165) is 31.5 Å². The molecule has 21 heavy (non-hydrogen) atoms. The summed E-state index contributed by atoms with van der Waals surface area (Å²) >= 11 is 1.42. The third-order valence-corrected chi connectivity index (χ3v) is 5.88. The molecule has 0 atom stereocenters. The van der Waals surface area contributed by atoms with Crippen molar-refractivity contribution in [1.82, 2.24) is 20.5 Å². The van der Waals surface area contributed by atoms with E-state index in [-0.39, 0.29) is 5.03 Å². The molecule has 0 aromatic carbocycles. The zero-order valence-electron chi connectivity index (χ0n) is 11.6. The molecule has 114 valence electrons. The summed E-state index contributed by atoms with van der Waals surface area (Å²) in [5, 5.41) is 10.0. The first-order valence-corrected chi connectivity index (χ1v) is 9.14. The quantitative estimate of drug-likeness (QED) is 0.742. The van der Waals surface area contributed by atoms with Crippen molar-refractivity contribution < 1.29 is 8.42 Å². The molecule has 1 aliphatic rings. The van der Waals surface area contributed by atoms with E-state index in [4.69, 9.17) is 0 Å². The van der Waals surface area contributed by atoms with Crippen LogP contribution in [0.25, 0.3) is 0 Å². The number of rotatable bonds is 6. The van der Waals surface area contributed by atoms with Gasteiger partial charge in [-0.3, -0.25) is 9.82 Å². The lowest BCUT2D eigenvalue weighted by Gasteiger charge is -2.06. The number of anilines is 1. The number of sulfonamides is 1. The Morgan fingerprint density at radius 3 is 3.05 bits per heavy atom. The topological polar surface area (TPSA) is 99.8 Å². The predicted octanol–water partition coefficient (Wildman–Crippen LogP) is 1.27. The van der Waals surface area contributed by atoms with Crippen molar-refractivity contribution in [3.63, 3.8) is 0 Å². The Bertz CT molecular complexity index is 713. The molecular weight excluding hydrogens is 310 g/mol. The van der Waals surface area contributed by atoms with Crippen LogP contribution in [0.4, 0.5) is 5.13 Å². The van der Waals surface area contributed by atoms with Gasteiger partial charge in [-0.2, -0.15) is 13.5 Å². The smallest absolute Gasteiger partial charge is 0.280 e. The summed E-state index contributed by atoms with van der Waals surface area (Å²) in [6, 6.07) is 0. The highest BCUT2D eigenvalue weighted by Gasteiger charge is 2.24. The fourth-order valence-electron chi connectivity index (χ4n) is 2.32. The molecule has 2 heterocycles. The molecule has 0 saturated carbocycles. The molecular formula is C12H17N5O2S2. The molecule has 0 fully saturated rings. The van der Waals surface area contributed by atoms with Crippen molar-refractivity contribution in [3.8, 4) is 0 Å². The van der Waals surface area contributed by atoms with Gasteiger partial charge >= 0.3 is 0 Å². The Hall–Kier alpha value is -1.45. The van der Waals surface area contributed by atoms with Crippen LogP contribution in [-0.2, 0) is 29.4 Å². The van der Waals surface area contributed by atoms with Crippen LogP contribution in [0, 0.1) is 0 Å². The number of aromatic amines is 1. The van der Waals surface area contributed by atoms with Crippen LogP contribution in [0.2, 0.25) is 0 Å². The Balaban J connectivity index is 1.81. The fraction of sp³-hybridized carbons (Fsp3) is 0.500. The molecule has 0 radical (unpaired) electrons. The van der Waals surface area contributed by atoms with Crippen LogP contribution in [0.1, 0.15) is 29.5 Å². The van der Waals surface area contributed by atoms with Gasteiger partial charge in [0.15, 0.2) is 10.2 Å². The predicted molar refractivity (Wildman–Crippen MR) is 80.9 cm³/mol. The maximum Gasteiger partial charge on any atom is 0.280 e. The zero-order valence-corrected chi connectivity index (χ0v) is 13.3. The number of H-pyrrole nitrogens is 1. The number of nitrogens with one attached hydrogen (secondary N) is 3. The van der Waals surface area contributed by atoms with Crippen molar-refractivity contribution in [2.24, 2.45) is 0 Å². The third kappa shape index (κ3) is 2.94. The van der Waals surface area contributed by atoms with Crippen LogP contribution in [0.15, 0.2) is 11.2 Å². The van der Waals surface area contributed by atoms with E-state index in [1.807, 2.05) is 6.92 Å². The lowest BCUT2D eigenvalue weighted by molar-refractivity contribution is 0.594. The minimum atomic E-state index is -3.68. The van der Waals surface area contributed by atoms with Crippen molar-refractivity contribution in [3.05, 3.63) is 22.3 Å². The molecule has 9 heteroatoms. The average molecular weight is 327 g/mol. The molecule has 0 spiro atoms. The van der Waals surface area contributed by atoms with Crippen molar-refractivity contribution in [2.75, 3.05) is 11.3 Å². The number of hydrogen-bond acceptors (Lipinski definition) is 6. The molecule has 1 aliphatic carbocycles.